The molecule has 21 heavy (non-hydrogen) atoms. The quantitative estimate of drug-likeness (QED) is 0.849. The summed E-state index contributed by atoms with van der Waals surface area (Å²) < 4.78 is 0. The van der Waals surface area contributed by atoms with E-state index < -0.39 is 0 Å². The number of allylic oxidation sites excluding steroid dienone is 5. The van der Waals surface area contributed by atoms with Gasteiger partial charge in [0.15, 0.2) is 0 Å². The Morgan fingerprint density at radius 2 is 1.86 bits per heavy atom. The third-order valence-electron chi connectivity index (χ3n) is 4.76. The van der Waals surface area contributed by atoms with Crippen LogP contribution in [0.15, 0.2) is 53.6 Å². The van der Waals surface area contributed by atoms with Gasteiger partial charge >= 0.3 is 0 Å². The topological polar surface area (TPSA) is 15.3 Å². The number of piperazine rings is 1. The average Bonchev–Trinajstić information content (AvgIpc) is 2.72. The van der Waals surface area contributed by atoms with Gasteiger partial charge in [0.05, 0.1) is 5.70 Å². The van der Waals surface area contributed by atoms with Gasteiger partial charge in [0.2, 0.25) is 0 Å². The molecule has 0 radical (unpaired) electrons. The average molecular weight is 278 g/mol. The van der Waals surface area contributed by atoms with E-state index in [1.54, 1.807) is 5.57 Å². The Hall–Kier alpha value is -1.80. The van der Waals surface area contributed by atoms with Crippen LogP contribution < -0.4 is 5.32 Å². The van der Waals surface area contributed by atoms with Gasteiger partial charge in [0.25, 0.3) is 0 Å². The minimum Gasteiger partial charge on any atom is -0.368 e. The van der Waals surface area contributed by atoms with Crippen LogP contribution in [0.25, 0.3) is 5.70 Å². The summed E-state index contributed by atoms with van der Waals surface area (Å²) in [5.74, 6) is 0. The number of nitrogens with zero attached hydrogens (tertiary/aromatic N) is 1. The molecule has 1 N–H and O–H groups in total. The third-order valence-corrected chi connectivity index (χ3v) is 4.76. The molecule has 1 aliphatic heterocycles. The van der Waals surface area contributed by atoms with Crippen molar-refractivity contribution in [3.05, 3.63) is 64.8 Å². The van der Waals surface area contributed by atoms with Crippen molar-refractivity contribution in [3.63, 3.8) is 0 Å². The molecule has 2 nitrogen and oxygen atoms in total. The van der Waals surface area contributed by atoms with Gasteiger partial charge in [-0.2, -0.15) is 0 Å². The molecule has 108 valence electrons. The second-order valence-corrected chi connectivity index (χ2v) is 6.02. The fraction of sp³-hybridized carbons (Fsp3) is 0.368. The van der Waals surface area contributed by atoms with Crippen LogP contribution in [0, 0.1) is 0 Å². The molecule has 3 aliphatic rings. The lowest BCUT2D eigenvalue weighted by atomic mass is 9.94. The summed E-state index contributed by atoms with van der Waals surface area (Å²) in [4.78, 5) is 2.58. The lowest BCUT2D eigenvalue weighted by Gasteiger charge is -2.34. The maximum absolute atomic E-state index is 3.47. The predicted octanol–water partition coefficient (Wildman–Crippen LogP) is 3.14. The number of aryl methyl sites for hydroxylation is 1. The molecule has 1 aromatic rings. The number of benzene rings is 1. The molecule has 0 unspecified atom stereocenters. The molecule has 2 heteroatoms. The smallest absolute Gasteiger partial charge is 0.0519 e. The fourth-order valence-electron chi connectivity index (χ4n) is 3.69. The highest BCUT2D eigenvalue weighted by atomic mass is 15.2. The molecule has 0 saturated carbocycles. The zero-order chi connectivity index (χ0) is 14.1. The van der Waals surface area contributed by atoms with Crippen LogP contribution in [0.1, 0.15) is 24.0 Å². The summed E-state index contributed by atoms with van der Waals surface area (Å²) in [7, 11) is 0. The normalized spacial score (nSPS) is 21.5. The molecule has 0 bridgehead atoms. The Kier molecular flexibility index (Phi) is 3.40. The Labute approximate surface area is 126 Å². The zero-order valence-electron chi connectivity index (χ0n) is 12.4. The number of hydrogen-bond donors (Lipinski definition) is 1. The molecule has 1 fully saturated rings. The first-order chi connectivity index (χ1) is 10.4. The van der Waals surface area contributed by atoms with E-state index in [0.29, 0.717) is 0 Å². The van der Waals surface area contributed by atoms with Gasteiger partial charge in [-0.25, -0.2) is 0 Å². The minimum absolute atomic E-state index is 1.09. The lowest BCUT2D eigenvalue weighted by Crippen LogP contribution is -2.42. The van der Waals surface area contributed by atoms with Crippen LogP contribution in [-0.2, 0) is 6.42 Å². The van der Waals surface area contributed by atoms with Crippen molar-refractivity contribution >= 4 is 5.70 Å². The number of rotatable bonds is 1. The van der Waals surface area contributed by atoms with Crippen LogP contribution in [0.4, 0.5) is 0 Å². The molecular formula is C19H22N2. The van der Waals surface area contributed by atoms with E-state index in [4.69, 9.17) is 0 Å². The van der Waals surface area contributed by atoms with Crippen molar-refractivity contribution in [1.82, 2.24) is 10.2 Å². The van der Waals surface area contributed by atoms with Crippen molar-refractivity contribution in [2.45, 2.75) is 19.3 Å². The first kappa shape index (κ1) is 12.9. The number of hydrogen-bond acceptors (Lipinski definition) is 2. The van der Waals surface area contributed by atoms with Gasteiger partial charge in [-0.1, -0.05) is 42.5 Å². The predicted molar refractivity (Wildman–Crippen MR) is 88.0 cm³/mol. The van der Waals surface area contributed by atoms with Crippen LogP contribution in [0.3, 0.4) is 0 Å². The van der Waals surface area contributed by atoms with Crippen molar-refractivity contribution < 1.29 is 0 Å². The Bertz CT molecular complexity index is 631. The van der Waals surface area contributed by atoms with Crippen LogP contribution in [-0.4, -0.2) is 31.1 Å². The molecule has 0 spiro atoms. The van der Waals surface area contributed by atoms with E-state index in [-0.39, 0.29) is 0 Å². The molecule has 0 atom stereocenters. The van der Waals surface area contributed by atoms with Crippen molar-refractivity contribution in [1.29, 1.82) is 0 Å². The van der Waals surface area contributed by atoms with Gasteiger partial charge in [-0.3, -0.25) is 0 Å². The minimum atomic E-state index is 1.09. The molecule has 2 aliphatic carbocycles. The summed E-state index contributed by atoms with van der Waals surface area (Å²) >= 11 is 0. The summed E-state index contributed by atoms with van der Waals surface area (Å²) in [5, 5.41) is 3.47. The SMILES string of the molecule is C1=CC2=C(N3CCNCC3)c3ccccc3CCC2=CC1. The highest BCUT2D eigenvalue weighted by Crippen LogP contribution is 2.37. The van der Waals surface area contributed by atoms with Gasteiger partial charge in [0, 0.05) is 37.3 Å². The first-order valence-corrected chi connectivity index (χ1v) is 8.07. The second kappa shape index (κ2) is 5.53. The number of nitrogens with one attached hydrogen (secondary N) is 1. The summed E-state index contributed by atoms with van der Waals surface area (Å²) in [6, 6.07) is 8.98. The molecule has 1 aromatic carbocycles. The maximum atomic E-state index is 3.47. The van der Waals surface area contributed by atoms with Gasteiger partial charge < -0.3 is 10.2 Å². The monoisotopic (exact) mass is 278 g/mol. The van der Waals surface area contributed by atoms with Crippen LogP contribution >= 0.6 is 0 Å². The van der Waals surface area contributed by atoms with Crippen LogP contribution in [0.5, 0.6) is 0 Å². The summed E-state index contributed by atoms with van der Waals surface area (Å²) in [6.45, 7) is 4.38. The molecule has 4 rings (SSSR count). The van der Waals surface area contributed by atoms with E-state index in [0.717, 1.165) is 39.0 Å². The summed E-state index contributed by atoms with van der Waals surface area (Å²) in [5.41, 5.74) is 7.42. The van der Waals surface area contributed by atoms with Crippen LogP contribution in [0.2, 0.25) is 0 Å². The maximum Gasteiger partial charge on any atom is 0.0519 e. The van der Waals surface area contributed by atoms with E-state index in [9.17, 15) is 0 Å². The zero-order valence-corrected chi connectivity index (χ0v) is 12.4. The number of fused-ring (bicyclic) bond motifs is 2. The summed E-state index contributed by atoms with van der Waals surface area (Å²) in [6.07, 6.45) is 10.5. The Morgan fingerprint density at radius 1 is 1.00 bits per heavy atom. The largest absolute Gasteiger partial charge is 0.368 e. The molecular weight excluding hydrogens is 256 g/mol. The van der Waals surface area contributed by atoms with Gasteiger partial charge in [-0.15, -0.1) is 0 Å². The van der Waals surface area contributed by atoms with Crippen molar-refractivity contribution in [3.8, 4) is 0 Å². The molecule has 1 saturated heterocycles. The third kappa shape index (κ3) is 2.34. The highest BCUT2D eigenvalue weighted by molar-refractivity contribution is 5.77. The van der Waals surface area contributed by atoms with Crippen molar-refractivity contribution in [2.24, 2.45) is 0 Å². The second-order valence-electron chi connectivity index (χ2n) is 6.02. The van der Waals surface area contributed by atoms with Crippen molar-refractivity contribution in [2.75, 3.05) is 26.2 Å². The fourth-order valence-corrected chi connectivity index (χ4v) is 3.69. The first-order valence-electron chi connectivity index (χ1n) is 8.07. The molecule has 0 amide bonds. The van der Waals surface area contributed by atoms with E-state index >= 15 is 0 Å². The van der Waals surface area contributed by atoms with Gasteiger partial charge in [0.1, 0.15) is 0 Å². The molecule has 0 aromatic heterocycles. The van der Waals surface area contributed by atoms with E-state index in [1.807, 2.05) is 0 Å². The van der Waals surface area contributed by atoms with E-state index in [1.165, 1.54) is 28.8 Å². The Morgan fingerprint density at radius 3 is 2.76 bits per heavy atom. The standard InChI is InChI=1S/C19H22N2/c1-3-7-17-15(5-1)9-10-16-6-2-4-8-18(16)19(17)21-13-11-20-12-14-21/h1,3-8,20H,2,9-14H2. The van der Waals surface area contributed by atoms with Gasteiger partial charge in [-0.05, 0) is 30.4 Å². The Balaban J connectivity index is 1.89. The highest BCUT2D eigenvalue weighted by Gasteiger charge is 2.24. The van der Waals surface area contributed by atoms with E-state index in [2.05, 4.69) is 52.7 Å². The lowest BCUT2D eigenvalue weighted by molar-refractivity contribution is 0.340. The molecule has 1 heterocycles.